The highest BCUT2D eigenvalue weighted by atomic mass is 16.6. The van der Waals surface area contributed by atoms with Gasteiger partial charge in [0.05, 0.1) is 11.5 Å². The molecule has 16 heavy (non-hydrogen) atoms. The van der Waals surface area contributed by atoms with E-state index in [2.05, 4.69) is 6.07 Å². The van der Waals surface area contributed by atoms with Crippen LogP contribution in [0.5, 0.6) is 0 Å². The molecule has 4 saturated carbocycles. The summed E-state index contributed by atoms with van der Waals surface area (Å²) in [6, 6.07) is 2.52. The van der Waals surface area contributed by atoms with Crippen molar-refractivity contribution in [3.05, 3.63) is 0 Å². The van der Waals surface area contributed by atoms with Crippen molar-refractivity contribution in [1.29, 1.82) is 5.26 Å². The molecular formula is C13H17NO2. The highest BCUT2D eigenvalue weighted by Crippen LogP contribution is 2.62. The Balaban J connectivity index is 1.93. The monoisotopic (exact) mass is 219 g/mol. The van der Waals surface area contributed by atoms with Gasteiger partial charge in [0, 0.05) is 13.3 Å². The molecule has 0 aromatic carbocycles. The minimum atomic E-state index is -0.286. The Hall–Kier alpha value is -1.04. The van der Waals surface area contributed by atoms with Crippen molar-refractivity contribution >= 4 is 5.97 Å². The summed E-state index contributed by atoms with van der Waals surface area (Å²) in [4.78, 5) is 11.2. The average Bonchev–Trinajstić information content (AvgIpc) is 2.13. The van der Waals surface area contributed by atoms with Gasteiger partial charge in [-0.15, -0.1) is 0 Å². The van der Waals surface area contributed by atoms with E-state index in [4.69, 9.17) is 4.74 Å². The summed E-state index contributed by atoms with van der Waals surface area (Å²) in [5.74, 6) is 1.04. The van der Waals surface area contributed by atoms with Crippen molar-refractivity contribution < 1.29 is 9.53 Å². The molecule has 0 aromatic heterocycles. The van der Waals surface area contributed by atoms with Crippen LogP contribution in [-0.4, -0.2) is 11.6 Å². The van der Waals surface area contributed by atoms with E-state index >= 15 is 0 Å². The summed E-state index contributed by atoms with van der Waals surface area (Å²) in [6.45, 7) is 1.48. The van der Waals surface area contributed by atoms with Gasteiger partial charge in [-0.1, -0.05) is 0 Å². The van der Waals surface area contributed by atoms with Crippen LogP contribution in [0.1, 0.15) is 45.4 Å². The number of hydrogen-bond acceptors (Lipinski definition) is 3. The van der Waals surface area contributed by atoms with Gasteiger partial charge < -0.3 is 4.74 Å². The van der Waals surface area contributed by atoms with Crippen LogP contribution in [0.4, 0.5) is 0 Å². The lowest BCUT2D eigenvalue weighted by Gasteiger charge is -2.58. The predicted molar refractivity (Wildman–Crippen MR) is 57.2 cm³/mol. The van der Waals surface area contributed by atoms with Crippen molar-refractivity contribution in [2.24, 2.45) is 17.3 Å². The van der Waals surface area contributed by atoms with Crippen LogP contribution in [0.2, 0.25) is 0 Å². The number of rotatable bonds is 1. The van der Waals surface area contributed by atoms with Crippen LogP contribution in [0, 0.1) is 28.6 Å². The minimum Gasteiger partial charge on any atom is -0.459 e. The van der Waals surface area contributed by atoms with Gasteiger partial charge in [0.2, 0.25) is 0 Å². The predicted octanol–water partition coefficient (Wildman–Crippen LogP) is 2.41. The Morgan fingerprint density at radius 3 is 2.44 bits per heavy atom. The molecule has 4 rings (SSSR count). The number of carbonyl (C=O) groups excluding carboxylic acids is 1. The molecule has 3 nitrogen and oxygen atoms in total. The summed E-state index contributed by atoms with van der Waals surface area (Å²) in [5.41, 5.74) is -0.467. The number of carbonyl (C=O) groups is 1. The SMILES string of the molecule is CC(=O)OC12C[C@@H]3C[C@H](CC(C#N)(C3)C1)C2. The molecular weight excluding hydrogens is 202 g/mol. The van der Waals surface area contributed by atoms with Gasteiger partial charge in [-0.25, -0.2) is 0 Å². The maximum Gasteiger partial charge on any atom is 0.303 e. The van der Waals surface area contributed by atoms with Crippen LogP contribution < -0.4 is 0 Å². The van der Waals surface area contributed by atoms with E-state index in [1.165, 1.54) is 13.3 Å². The second-order valence-electron chi connectivity index (χ2n) is 6.13. The third kappa shape index (κ3) is 1.36. The molecule has 0 radical (unpaired) electrons. The highest BCUT2D eigenvalue weighted by molar-refractivity contribution is 5.66. The first kappa shape index (κ1) is 10.1. The molecule has 0 heterocycles. The third-order valence-corrected chi connectivity index (χ3v) is 4.60. The van der Waals surface area contributed by atoms with Crippen LogP contribution in [0.3, 0.4) is 0 Å². The first-order valence-corrected chi connectivity index (χ1v) is 6.16. The van der Waals surface area contributed by atoms with E-state index in [0.29, 0.717) is 11.8 Å². The van der Waals surface area contributed by atoms with Gasteiger partial charge in [-0.3, -0.25) is 4.79 Å². The van der Waals surface area contributed by atoms with Gasteiger partial charge in [0.15, 0.2) is 0 Å². The lowest BCUT2D eigenvalue weighted by Crippen LogP contribution is -2.56. The molecule has 0 N–H and O–H groups in total. The maximum atomic E-state index is 11.2. The molecule has 4 bridgehead atoms. The fourth-order valence-corrected chi connectivity index (χ4v) is 4.73. The smallest absolute Gasteiger partial charge is 0.303 e. The Bertz CT molecular complexity index is 368. The van der Waals surface area contributed by atoms with Gasteiger partial charge in [-0.2, -0.15) is 5.26 Å². The van der Waals surface area contributed by atoms with E-state index in [-0.39, 0.29) is 17.0 Å². The van der Waals surface area contributed by atoms with E-state index in [1.54, 1.807) is 0 Å². The van der Waals surface area contributed by atoms with Crippen LogP contribution >= 0.6 is 0 Å². The third-order valence-electron chi connectivity index (χ3n) is 4.60. The first-order chi connectivity index (χ1) is 7.55. The number of nitrogens with zero attached hydrogens (tertiary/aromatic N) is 1. The van der Waals surface area contributed by atoms with E-state index in [0.717, 1.165) is 32.1 Å². The molecule has 86 valence electrons. The normalized spacial score (nSPS) is 48.8. The fraction of sp³-hybridized carbons (Fsp3) is 0.846. The Morgan fingerprint density at radius 2 is 1.94 bits per heavy atom. The largest absolute Gasteiger partial charge is 0.459 e. The van der Waals surface area contributed by atoms with Crippen LogP contribution in [0.25, 0.3) is 0 Å². The molecule has 0 amide bonds. The van der Waals surface area contributed by atoms with Gasteiger partial charge in [0.25, 0.3) is 0 Å². The van der Waals surface area contributed by atoms with E-state index in [1.807, 2.05) is 0 Å². The number of hydrogen-bond donors (Lipinski definition) is 0. The first-order valence-electron chi connectivity index (χ1n) is 6.16. The van der Waals surface area contributed by atoms with Crippen LogP contribution in [-0.2, 0) is 9.53 Å². The van der Waals surface area contributed by atoms with Gasteiger partial charge in [0.1, 0.15) is 5.60 Å². The molecule has 4 fully saturated rings. The van der Waals surface area contributed by atoms with Crippen molar-refractivity contribution in [1.82, 2.24) is 0 Å². The summed E-state index contributed by atoms with van der Waals surface area (Å²) >= 11 is 0. The average molecular weight is 219 g/mol. The summed E-state index contributed by atoms with van der Waals surface area (Å²) in [7, 11) is 0. The Kier molecular flexibility index (Phi) is 1.90. The Morgan fingerprint density at radius 1 is 1.31 bits per heavy atom. The zero-order chi connectivity index (χ0) is 11.4. The van der Waals surface area contributed by atoms with Crippen molar-refractivity contribution in [2.45, 2.75) is 51.0 Å². The molecule has 0 unspecified atom stereocenters. The lowest BCUT2D eigenvalue weighted by molar-refractivity contribution is -0.191. The quantitative estimate of drug-likeness (QED) is 0.636. The molecule has 3 heteroatoms. The summed E-state index contributed by atoms with van der Waals surface area (Å²) in [5, 5.41) is 9.39. The maximum absolute atomic E-state index is 11.2. The summed E-state index contributed by atoms with van der Waals surface area (Å²) in [6.07, 6.45) is 6.07. The second kappa shape index (κ2) is 3.00. The molecule has 4 aliphatic carbocycles. The zero-order valence-corrected chi connectivity index (χ0v) is 9.66. The van der Waals surface area contributed by atoms with Crippen molar-refractivity contribution in [2.75, 3.05) is 0 Å². The standard InChI is InChI=1S/C13H17NO2/c1-9(15)16-13-5-10-2-11(6-13)4-12(3-10,7-13)8-14/h10-11H,2-7H2,1H3/t10-,11-,12?,13?/m1/s1. The zero-order valence-electron chi connectivity index (χ0n) is 9.66. The number of nitriles is 1. The van der Waals surface area contributed by atoms with Gasteiger partial charge >= 0.3 is 5.97 Å². The highest BCUT2D eigenvalue weighted by Gasteiger charge is 2.59. The van der Waals surface area contributed by atoms with Gasteiger partial charge in [-0.05, 0) is 43.9 Å². The number of ether oxygens (including phenoxy) is 1. The fourth-order valence-electron chi connectivity index (χ4n) is 4.73. The molecule has 0 aliphatic heterocycles. The van der Waals surface area contributed by atoms with E-state index < -0.39 is 0 Å². The topological polar surface area (TPSA) is 50.1 Å². The summed E-state index contributed by atoms with van der Waals surface area (Å²) < 4.78 is 5.59. The lowest BCUT2D eigenvalue weighted by atomic mass is 9.48. The van der Waals surface area contributed by atoms with Crippen molar-refractivity contribution in [3.8, 4) is 6.07 Å². The second-order valence-corrected chi connectivity index (χ2v) is 6.13. The molecule has 0 saturated heterocycles. The number of esters is 1. The van der Waals surface area contributed by atoms with Crippen LogP contribution in [0.15, 0.2) is 0 Å². The molecule has 2 atom stereocenters. The Labute approximate surface area is 95.8 Å². The van der Waals surface area contributed by atoms with Crippen molar-refractivity contribution in [3.63, 3.8) is 0 Å². The van der Waals surface area contributed by atoms with E-state index in [9.17, 15) is 10.1 Å². The molecule has 4 aliphatic rings. The molecule has 0 spiro atoms. The minimum absolute atomic E-state index is 0.181. The molecule has 0 aromatic rings.